The molecule has 156 valence electrons. The van der Waals surface area contributed by atoms with Crippen LogP contribution in [0.5, 0.6) is 0 Å². The van der Waals surface area contributed by atoms with Gasteiger partial charge in [-0.05, 0) is 37.1 Å². The first-order valence-electron chi connectivity index (χ1n) is 9.63. The molecule has 0 fully saturated rings. The van der Waals surface area contributed by atoms with Crippen molar-refractivity contribution in [2.24, 2.45) is 0 Å². The summed E-state index contributed by atoms with van der Waals surface area (Å²) in [6, 6.07) is 5.26. The fourth-order valence-electron chi connectivity index (χ4n) is 3.66. The van der Waals surface area contributed by atoms with E-state index in [2.05, 4.69) is 15.3 Å². The Bertz CT molecular complexity index is 1030. The van der Waals surface area contributed by atoms with Gasteiger partial charge in [0.25, 0.3) is 11.8 Å². The molecule has 2 aliphatic heterocycles. The van der Waals surface area contributed by atoms with Crippen molar-refractivity contribution in [3.63, 3.8) is 0 Å². The molecule has 0 aliphatic carbocycles. The highest BCUT2D eigenvalue weighted by Gasteiger charge is 2.30. The summed E-state index contributed by atoms with van der Waals surface area (Å²) >= 11 is 6.15. The predicted molar refractivity (Wildman–Crippen MR) is 110 cm³/mol. The van der Waals surface area contributed by atoms with Crippen LogP contribution in [-0.4, -0.2) is 65.4 Å². The molecular weight excluding hydrogens is 410 g/mol. The molecule has 4 rings (SSSR count). The van der Waals surface area contributed by atoms with Crippen molar-refractivity contribution < 1.29 is 19.1 Å². The molecule has 0 saturated carbocycles. The molecule has 0 bridgehead atoms. The molecule has 3 heterocycles. The zero-order valence-electron chi connectivity index (χ0n) is 16.4. The van der Waals surface area contributed by atoms with Crippen molar-refractivity contribution in [1.29, 1.82) is 0 Å². The number of carbonyl (C=O) groups is 3. The number of nitrogens with one attached hydrogen (secondary N) is 1. The number of aromatic nitrogens is 2. The highest BCUT2D eigenvalue weighted by Crippen LogP contribution is 2.29. The Hall–Kier alpha value is -3.20. The summed E-state index contributed by atoms with van der Waals surface area (Å²) in [6.45, 7) is 3.25. The van der Waals surface area contributed by atoms with Gasteiger partial charge in [-0.1, -0.05) is 11.6 Å². The molecule has 2 aromatic rings. The van der Waals surface area contributed by atoms with Crippen LogP contribution in [0.4, 0.5) is 11.5 Å². The van der Waals surface area contributed by atoms with Gasteiger partial charge >= 0.3 is 5.97 Å². The van der Waals surface area contributed by atoms with E-state index in [0.29, 0.717) is 43.1 Å². The van der Waals surface area contributed by atoms with Gasteiger partial charge in [-0.15, -0.1) is 0 Å². The van der Waals surface area contributed by atoms with Crippen molar-refractivity contribution >= 4 is 40.9 Å². The van der Waals surface area contributed by atoms with Crippen LogP contribution in [0, 0.1) is 0 Å². The van der Waals surface area contributed by atoms with E-state index >= 15 is 0 Å². The quantitative estimate of drug-likeness (QED) is 0.583. The van der Waals surface area contributed by atoms with Gasteiger partial charge in [-0.2, -0.15) is 0 Å². The van der Waals surface area contributed by atoms with Crippen LogP contribution in [0.15, 0.2) is 24.5 Å². The molecule has 1 aromatic carbocycles. The lowest BCUT2D eigenvalue weighted by molar-refractivity contribution is -0.143. The second kappa shape index (κ2) is 8.27. The molecule has 1 aromatic heterocycles. The molecule has 9 nitrogen and oxygen atoms in total. The second-order valence-corrected chi connectivity index (χ2v) is 7.25. The van der Waals surface area contributed by atoms with Crippen LogP contribution >= 0.6 is 11.6 Å². The molecule has 0 atom stereocenters. The summed E-state index contributed by atoms with van der Waals surface area (Å²) < 4.78 is 4.94. The normalized spacial score (nSPS) is 15.8. The van der Waals surface area contributed by atoms with Crippen molar-refractivity contribution in [2.45, 2.75) is 13.3 Å². The van der Waals surface area contributed by atoms with Crippen molar-refractivity contribution in [3.8, 4) is 0 Å². The van der Waals surface area contributed by atoms with Crippen LogP contribution < -0.4 is 10.2 Å². The van der Waals surface area contributed by atoms with Crippen molar-refractivity contribution in [1.82, 2.24) is 14.9 Å². The molecule has 0 spiro atoms. The minimum Gasteiger partial charge on any atom is -0.465 e. The van der Waals surface area contributed by atoms with E-state index in [1.807, 2.05) is 6.07 Å². The minimum absolute atomic E-state index is 0.0700. The molecule has 0 radical (unpaired) electrons. The summed E-state index contributed by atoms with van der Waals surface area (Å²) in [5.41, 5.74) is 2.25. The summed E-state index contributed by atoms with van der Waals surface area (Å²) in [7, 11) is 0. The SMILES string of the molecule is CCOC(=O)CN1CCc2cc(N3CCNc4ncnc(Cl)c4C3=O)ccc2C1=O. The zero-order chi connectivity index (χ0) is 21.3. The average Bonchev–Trinajstić information content (AvgIpc) is 2.90. The molecule has 1 N–H and O–H groups in total. The van der Waals surface area contributed by atoms with Crippen LogP contribution in [0.25, 0.3) is 0 Å². The average molecular weight is 430 g/mol. The van der Waals surface area contributed by atoms with Crippen LogP contribution in [-0.2, 0) is 16.0 Å². The lowest BCUT2D eigenvalue weighted by Crippen LogP contribution is -2.41. The largest absolute Gasteiger partial charge is 0.465 e. The molecule has 30 heavy (non-hydrogen) atoms. The van der Waals surface area contributed by atoms with Gasteiger partial charge in [0.1, 0.15) is 29.4 Å². The van der Waals surface area contributed by atoms with Crippen molar-refractivity contribution in [2.75, 3.05) is 43.0 Å². The molecule has 2 amide bonds. The monoisotopic (exact) mass is 429 g/mol. The summed E-state index contributed by atoms with van der Waals surface area (Å²) in [6.07, 6.45) is 1.89. The van der Waals surface area contributed by atoms with Crippen LogP contribution in [0.2, 0.25) is 5.15 Å². The van der Waals surface area contributed by atoms with Gasteiger partial charge in [0, 0.05) is 30.9 Å². The lowest BCUT2D eigenvalue weighted by atomic mass is 9.97. The lowest BCUT2D eigenvalue weighted by Gasteiger charge is -2.29. The number of carbonyl (C=O) groups excluding carboxylic acids is 3. The number of hydrogen-bond acceptors (Lipinski definition) is 7. The van der Waals surface area contributed by atoms with Gasteiger partial charge in [-0.3, -0.25) is 14.4 Å². The highest BCUT2D eigenvalue weighted by atomic mass is 35.5. The Morgan fingerprint density at radius 3 is 2.87 bits per heavy atom. The number of anilines is 2. The number of ether oxygens (including phenoxy) is 1. The maximum atomic E-state index is 13.1. The van der Waals surface area contributed by atoms with Crippen LogP contribution in [0.1, 0.15) is 33.2 Å². The van der Waals surface area contributed by atoms with Gasteiger partial charge in [-0.25, -0.2) is 9.97 Å². The van der Waals surface area contributed by atoms with E-state index in [0.717, 1.165) is 5.56 Å². The summed E-state index contributed by atoms with van der Waals surface area (Å²) in [4.78, 5) is 48.7. The summed E-state index contributed by atoms with van der Waals surface area (Å²) in [5, 5.41) is 3.19. The first-order chi connectivity index (χ1) is 14.5. The second-order valence-electron chi connectivity index (χ2n) is 6.89. The number of nitrogens with zero attached hydrogens (tertiary/aromatic N) is 4. The number of hydrogen-bond donors (Lipinski definition) is 1. The van der Waals surface area contributed by atoms with Gasteiger partial charge in [0.15, 0.2) is 0 Å². The van der Waals surface area contributed by atoms with Crippen LogP contribution in [0.3, 0.4) is 0 Å². The first-order valence-corrected chi connectivity index (χ1v) is 10.0. The predicted octanol–water partition coefficient (Wildman–Crippen LogP) is 1.76. The minimum atomic E-state index is -0.425. The Morgan fingerprint density at radius 1 is 1.23 bits per heavy atom. The van der Waals surface area contributed by atoms with E-state index in [4.69, 9.17) is 16.3 Å². The third-order valence-corrected chi connectivity index (χ3v) is 5.37. The van der Waals surface area contributed by atoms with Gasteiger partial charge in [0.2, 0.25) is 0 Å². The fraction of sp³-hybridized carbons (Fsp3) is 0.350. The molecule has 0 saturated heterocycles. The fourth-order valence-corrected chi connectivity index (χ4v) is 3.87. The Morgan fingerprint density at radius 2 is 2.07 bits per heavy atom. The van der Waals surface area contributed by atoms with E-state index in [1.165, 1.54) is 11.2 Å². The molecule has 0 unspecified atom stereocenters. The van der Waals surface area contributed by atoms with E-state index < -0.39 is 5.97 Å². The smallest absolute Gasteiger partial charge is 0.325 e. The molecule has 2 aliphatic rings. The van der Waals surface area contributed by atoms with E-state index in [9.17, 15) is 14.4 Å². The molecular formula is C20H20ClN5O4. The number of fused-ring (bicyclic) bond motifs is 2. The Kier molecular flexibility index (Phi) is 5.54. The number of halogens is 1. The maximum absolute atomic E-state index is 13.1. The van der Waals surface area contributed by atoms with Gasteiger partial charge in [0.05, 0.1) is 6.61 Å². The third kappa shape index (κ3) is 3.68. The van der Waals surface area contributed by atoms with E-state index in [-0.39, 0.29) is 35.7 Å². The standard InChI is InChI=1S/C20H20ClN5O4/c1-2-30-15(27)10-25-7-5-12-9-13(3-4-14(12)19(25)28)26-8-6-22-18-16(20(26)29)17(21)23-11-24-18/h3-4,9,11H,2,5-8,10H2,1H3,(H,22,23,24). The van der Waals surface area contributed by atoms with Crippen molar-refractivity contribution in [3.05, 3.63) is 46.4 Å². The number of amides is 2. The van der Waals surface area contributed by atoms with Gasteiger partial charge < -0.3 is 19.9 Å². The Labute approximate surface area is 178 Å². The maximum Gasteiger partial charge on any atom is 0.325 e. The highest BCUT2D eigenvalue weighted by molar-refractivity contribution is 6.34. The zero-order valence-corrected chi connectivity index (χ0v) is 17.1. The topological polar surface area (TPSA) is 105 Å². The number of esters is 1. The number of benzene rings is 1. The molecule has 10 heteroatoms. The van der Waals surface area contributed by atoms with E-state index in [1.54, 1.807) is 24.0 Å². The first kappa shape index (κ1) is 20.1. The third-order valence-electron chi connectivity index (χ3n) is 5.08. The Balaban J connectivity index is 1.60. The summed E-state index contributed by atoms with van der Waals surface area (Å²) in [5.74, 6) is -0.537. The number of rotatable bonds is 4.